The molecule has 0 saturated heterocycles. The number of rotatable bonds is 4. The molecule has 1 amide bonds. The first-order valence-electron chi connectivity index (χ1n) is 8.67. The lowest BCUT2D eigenvalue weighted by Gasteiger charge is -2.12. The zero-order valence-corrected chi connectivity index (χ0v) is 15.5. The standard InChI is InChI=1S/C22H19N3O3/c1-16(25-13-5-12-23-25)21(26)24-20-9-4-7-18(15-20)11-10-17-6-3-8-19(14-17)22(27)28-2/h3-9,12-16H,1-2H3,(H,24,26). The van der Waals surface area contributed by atoms with Crippen molar-refractivity contribution in [3.05, 3.63) is 83.7 Å². The van der Waals surface area contributed by atoms with Gasteiger partial charge in [0.05, 0.1) is 12.7 Å². The van der Waals surface area contributed by atoms with Gasteiger partial charge in [-0.1, -0.05) is 24.0 Å². The van der Waals surface area contributed by atoms with E-state index in [1.807, 2.05) is 18.2 Å². The number of amides is 1. The first-order chi connectivity index (χ1) is 13.6. The number of anilines is 1. The van der Waals surface area contributed by atoms with Gasteiger partial charge >= 0.3 is 5.97 Å². The lowest BCUT2D eigenvalue weighted by Crippen LogP contribution is -2.23. The second kappa shape index (κ2) is 8.69. The van der Waals surface area contributed by atoms with E-state index in [1.165, 1.54) is 7.11 Å². The van der Waals surface area contributed by atoms with Crippen LogP contribution in [0.4, 0.5) is 5.69 Å². The van der Waals surface area contributed by atoms with Crippen LogP contribution in [0.25, 0.3) is 0 Å². The molecule has 2 aromatic carbocycles. The van der Waals surface area contributed by atoms with Crippen molar-refractivity contribution in [2.45, 2.75) is 13.0 Å². The van der Waals surface area contributed by atoms with Crippen molar-refractivity contribution in [2.24, 2.45) is 0 Å². The molecule has 1 unspecified atom stereocenters. The Morgan fingerprint density at radius 3 is 2.46 bits per heavy atom. The summed E-state index contributed by atoms with van der Waals surface area (Å²) in [5.41, 5.74) is 2.54. The summed E-state index contributed by atoms with van der Waals surface area (Å²) < 4.78 is 6.31. The van der Waals surface area contributed by atoms with Crippen LogP contribution in [0.3, 0.4) is 0 Å². The van der Waals surface area contributed by atoms with Gasteiger partial charge in [-0.15, -0.1) is 0 Å². The molecule has 0 bridgehead atoms. The highest BCUT2D eigenvalue weighted by molar-refractivity contribution is 5.93. The van der Waals surface area contributed by atoms with Crippen molar-refractivity contribution in [3.8, 4) is 11.8 Å². The first kappa shape index (κ1) is 18.9. The lowest BCUT2D eigenvalue weighted by atomic mass is 10.1. The highest BCUT2D eigenvalue weighted by Gasteiger charge is 2.14. The van der Waals surface area contributed by atoms with Crippen molar-refractivity contribution in [1.82, 2.24) is 9.78 Å². The largest absolute Gasteiger partial charge is 0.465 e. The van der Waals surface area contributed by atoms with Crippen LogP contribution < -0.4 is 5.32 Å². The number of carbonyl (C=O) groups is 2. The Bertz CT molecular complexity index is 1050. The number of esters is 1. The molecule has 0 spiro atoms. The number of carbonyl (C=O) groups excluding carboxylic acids is 2. The predicted molar refractivity (Wildman–Crippen MR) is 106 cm³/mol. The molecule has 6 nitrogen and oxygen atoms in total. The van der Waals surface area contributed by atoms with Gasteiger partial charge in [0.1, 0.15) is 6.04 Å². The summed E-state index contributed by atoms with van der Waals surface area (Å²) in [6, 6.07) is 15.5. The molecular formula is C22H19N3O3. The first-order valence-corrected chi connectivity index (χ1v) is 8.67. The molecular weight excluding hydrogens is 354 g/mol. The van der Waals surface area contributed by atoms with Crippen molar-refractivity contribution >= 4 is 17.6 Å². The molecule has 0 aliphatic carbocycles. The molecule has 3 rings (SSSR count). The van der Waals surface area contributed by atoms with Gasteiger partial charge in [-0.2, -0.15) is 5.10 Å². The minimum Gasteiger partial charge on any atom is -0.465 e. The predicted octanol–water partition coefficient (Wildman–Crippen LogP) is 3.27. The maximum Gasteiger partial charge on any atom is 0.337 e. The molecule has 0 saturated carbocycles. The van der Waals surface area contributed by atoms with Gasteiger partial charge in [0.2, 0.25) is 5.91 Å². The van der Waals surface area contributed by atoms with Crippen LogP contribution in [-0.4, -0.2) is 28.8 Å². The van der Waals surface area contributed by atoms with Crippen LogP contribution in [0.1, 0.15) is 34.5 Å². The van der Waals surface area contributed by atoms with E-state index >= 15 is 0 Å². The third-order valence-electron chi connectivity index (χ3n) is 4.07. The second-order valence-electron chi connectivity index (χ2n) is 6.05. The van der Waals surface area contributed by atoms with E-state index in [0.717, 1.165) is 5.56 Å². The molecule has 0 fully saturated rings. The monoisotopic (exact) mass is 373 g/mol. The molecule has 6 heteroatoms. The molecule has 28 heavy (non-hydrogen) atoms. The number of aromatic nitrogens is 2. The number of methoxy groups -OCH3 is 1. The third kappa shape index (κ3) is 4.65. The summed E-state index contributed by atoms with van der Waals surface area (Å²) in [6.45, 7) is 1.78. The van der Waals surface area contributed by atoms with Crippen LogP contribution in [0, 0.1) is 11.8 Å². The van der Waals surface area contributed by atoms with E-state index in [-0.39, 0.29) is 5.91 Å². The minimum atomic E-state index is -0.425. The highest BCUT2D eigenvalue weighted by atomic mass is 16.5. The molecule has 0 aliphatic heterocycles. The smallest absolute Gasteiger partial charge is 0.337 e. The molecule has 1 atom stereocenters. The zero-order valence-electron chi connectivity index (χ0n) is 15.5. The van der Waals surface area contributed by atoms with E-state index in [9.17, 15) is 9.59 Å². The SMILES string of the molecule is COC(=O)c1cccc(C#Cc2cccc(NC(=O)C(C)n3cccn3)c2)c1. The van der Waals surface area contributed by atoms with Crippen LogP contribution >= 0.6 is 0 Å². The summed E-state index contributed by atoms with van der Waals surface area (Å²) in [7, 11) is 1.34. The number of hydrogen-bond donors (Lipinski definition) is 1. The van der Waals surface area contributed by atoms with Crippen LogP contribution in [0.5, 0.6) is 0 Å². The minimum absolute atomic E-state index is 0.167. The second-order valence-corrected chi connectivity index (χ2v) is 6.05. The molecule has 3 aromatic rings. The van der Waals surface area contributed by atoms with Gasteiger partial charge in [0.15, 0.2) is 0 Å². The molecule has 1 N–H and O–H groups in total. The number of nitrogens with one attached hydrogen (secondary N) is 1. The van der Waals surface area contributed by atoms with Crippen LogP contribution in [0.15, 0.2) is 67.0 Å². The Balaban J connectivity index is 1.73. The van der Waals surface area contributed by atoms with E-state index in [0.29, 0.717) is 16.8 Å². The maximum atomic E-state index is 12.4. The van der Waals surface area contributed by atoms with Crippen molar-refractivity contribution in [2.75, 3.05) is 12.4 Å². The fraction of sp³-hybridized carbons (Fsp3) is 0.136. The Morgan fingerprint density at radius 1 is 1.07 bits per heavy atom. The number of hydrogen-bond acceptors (Lipinski definition) is 4. The van der Waals surface area contributed by atoms with Gasteiger partial charge in [0.25, 0.3) is 0 Å². The maximum absolute atomic E-state index is 12.4. The summed E-state index contributed by atoms with van der Waals surface area (Å²) in [5.74, 6) is 5.50. The molecule has 1 aromatic heterocycles. The van der Waals surface area contributed by atoms with E-state index in [1.54, 1.807) is 60.4 Å². The van der Waals surface area contributed by atoms with Gasteiger partial charge in [0, 0.05) is 29.2 Å². The fourth-order valence-electron chi connectivity index (χ4n) is 2.54. The van der Waals surface area contributed by atoms with Gasteiger partial charge < -0.3 is 10.1 Å². The molecule has 140 valence electrons. The number of benzene rings is 2. The average molecular weight is 373 g/mol. The lowest BCUT2D eigenvalue weighted by molar-refractivity contribution is -0.119. The Kier molecular flexibility index (Phi) is 5.87. The van der Waals surface area contributed by atoms with Crippen molar-refractivity contribution in [1.29, 1.82) is 0 Å². The normalized spacial score (nSPS) is 11.1. The van der Waals surface area contributed by atoms with Crippen LogP contribution in [-0.2, 0) is 9.53 Å². The number of nitrogens with zero attached hydrogens (tertiary/aromatic N) is 2. The fourth-order valence-corrected chi connectivity index (χ4v) is 2.54. The third-order valence-corrected chi connectivity index (χ3v) is 4.07. The zero-order chi connectivity index (χ0) is 19.9. The van der Waals surface area contributed by atoms with Crippen molar-refractivity contribution < 1.29 is 14.3 Å². The van der Waals surface area contributed by atoms with Gasteiger partial charge in [-0.05, 0) is 49.4 Å². The van der Waals surface area contributed by atoms with Gasteiger partial charge in [-0.25, -0.2) is 4.79 Å². The molecule has 1 heterocycles. The summed E-state index contributed by atoms with van der Waals surface area (Å²) >= 11 is 0. The van der Waals surface area contributed by atoms with E-state index < -0.39 is 12.0 Å². The van der Waals surface area contributed by atoms with Crippen LogP contribution in [0.2, 0.25) is 0 Å². The average Bonchev–Trinajstić information content (AvgIpc) is 3.26. The van der Waals surface area contributed by atoms with Gasteiger partial charge in [-0.3, -0.25) is 9.48 Å². The van der Waals surface area contributed by atoms with Crippen molar-refractivity contribution in [3.63, 3.8) is 0 Å². The highest BCUT2D eigenvalue weighted by Crippen LogP contribution is 2.13. The Hall–Kier alpha value is -3.85. The quantitative estimate of drug-likeness (QED) is 0.563. The summed E-state index contributed by atoms with van der Waals surface area (Å²) in [5, 5.41) is 6.96. The summed E-state index contributed by atoms with van der Waals surface area (Å²) in [6.07, 6.45) is 3.38. The topological polar surface area (TPSA) is 73.2 Å². The Labute approximate surface area is 163 Å². The summed E-state index contributed by atoms with van der Waals surface area (Å²) in [4.78, 5) is 24.0. The molecule has 0 radical (unpaired) electrons. The number of ether oxygens (including phenoxy) is 1. The van der Waals surface area contributed by atoms with E-state index in [4.69, 9.17) is 4.74 Å². The van der Waals surface area contributed by atoms with E-state index in [2.05, 4.69) is 22.3 Å². The molecule has 0 aliphatic rings. The Morgan fingerprint density at radius 2 is 1.79 bits per heavy atom.